The Morgan fingerprint density at radius 2 is 1.79 bits per heavy atom. The molecule has 130 valence electrons. The molecule has 0 aliphatic rings. The summed E-state index contributed by atoms with van der Waals surface area (Å²) in [4.78, 5) is 24.5. The van der Waals surface area contributed by atoms with E-state index in [1.165, 1.54) is 18.3 Å². The number of rotatable bonds is 7. The van der Waals surface area contributed by atoms with Gasteiger partial charge in [-0.3, -0.25) is 9.59 Å². The first kappa shape index (κ1) is 18.1. The summed E-state index contributed by atoms with van der Waals surface area (Å²) >= 11 is 1.42. The second-order valence-electron chi connectivity index (χ2n) is 5.49. The zero-order valence-electron chi connectivity index (χ0n) is 14.0. The van der Waals surface area contributed by atoms with E-state index in [1.807, 2.05) is 18.2 Å². The summed E-state index contributed by atoms with van der Waals surface area (Å²) in [7, 11) is 3.11. The zero-order valence-corrected chi connectivity index (χ0v) is 14.9. The number of benzene rings is 1. The van der Waals surface area contributed by atoms with Crippen LogP contribution in [0.3, 0.4) is 0 Å². The molecule has 1 atom stereocenters. The molecule has 1 N–H and O–H groups in total. The highest BCUT2D eigenvalue weighted by molar-refractivity contribution is 7.19. The van der Waals surface area contributed by atoms with Crippen LogP contribution in [-0.4, -0.2) is 37.9 Å². The van der Waals surface area contributed by atoms with Crippen molar-refractivity contribution in [2.45, 2.75) is 20.3 Å². The smallest absolute Gasteiger partial charge is 0.323 e. The molecule has 0 fully saturated rings. The normalized spacial score (nSPS) is 13.3. The van der Waals surface area contributed by atoms with Gasteiger partial charge in [0.25, 0.3) is 0 Å². The van der Waals surface area contributed by atoms with Gasteiger partial charge in [0.1, 0.15) is 0 Å². The highest BCUT2D eigenvalue weighted by Crippen LogP contribution is 2.38. The van der Waals surface area contributed by atoms with Gasteiger partial charge in [-0.25, -0.2) is 0 Å². The zero-order chi connectivity index (χ0) is 17.9. The summed E-state index contributed by atoms with van der Waals surface area (Å²) in [5, 5.41) is 10.4. The number of methoxy groups -OCH3 is 2. The van der Waals surface area contributed by atoms with E-state index in [0.29, 0.717) is 11.5 Å². The van der Waals surface area contributed by atoms with Gasteiger partial charge in [-0.05, 0) is 31.4 Å². The van der Waals surface area contributed by atoms with Crippen molar-refractivity contribution in [1.29, 1.82) is 0 Å². The van der Waals surface area contributed by atoms with Crippen LogP contribution in [0, 0.1) is 5.41 Å². The Hall–Kier alpha value is -2.28. The molecule has 7 heteroatoms. The van der Waals surface area contributed by atoms with Crippen LogP contribution in [0.4, 0.5) is 0 Å². The van der Waals surface area contributed by atoms with Gasteiger partial charge in [0.2, 0.25) is 0 Å². The van der Waals surface area contributed by atoms with Crippen molar-refractivity contribution < 1.29 is 28.9 Å². The Labute approximate surface area is 143 Å². The topological polar surface area (TPSA) is 82.1 Å². The highest BCUT2D eigenvalue weighted by Gasteiger charge is 2.43. The van der Waals surface area contributed by atoms with Gasteiger partial charge in [0.05, 0.1) is 20.8 Å². The van der Waals surface area contributed by atoms with Gasteiger partial charge in [0, 0.05) is 22.1 Å². The van der Waals surface area contributed by atoms with Gasteiger partial charge in [0.15, 0.2) is 16.9 Å². The fraction of sp³-hybridized carbons (Fsp3) is 0.412. The molecule has 0 aliphatic heterocycles. The van der Waals surface area contributed by atoms with Crippen LogP contribution in [0.25, 0.3) is 10.1 Å². The van der Waals surface area contributed by atoms with Crippen molar-refractivity contribution in [2.75, 3.05) is 20.8 Å². The molecule has 6 nitrogen and oxygen atoms in total. The molecule has 1 aromatic heterocycles. The minimum atomic E-state index is -1.62. The maximum absolute atomic E-state index is 12.1. The minimum absolute atomic E-state index is 0.0607. The summed E-state index contributed by atoms with van der Waals surface area (Å²) in [6, 6.07) is 5.53. The largest absolute Gasteiger partial charge is 0.493 e. The molecular weight excluding hydrogens is 332 g/mol. The van der Waals surface area contributed by atoms with E-state index >= 15 is 0 Å². The van der Waals surface area contributed by atoms with Gasteiger partial charge in [-0.2, -0.15) is 0 Å². The quantitative estimate of drug-likeness (QED) is 0.609. The van der Waals surface area contributed by atoms with Crippen LogP contribution in [0.2, 0.25) is 0 Å². The number of ether oxygens (including phenoxy) is 3. The molecule has 0 saturated heterocycles. The summed E-state index contributed by atoms with van der Waals surface area (Å²) in [6.07, 6.45) is 0.0607. The van der Waals surface area contributed by atoms with E-state index in [0.717, 1.165) is 15.0 Å². The Bertz CT molecular complexity index is 725. The van der Waals surface area contributed by atoms with Crippen molar-refractivity contribution >= 4 is 33.4 Å². The van der Waals surface area contributed by atoms with Crippen LogP contribution in [0.15, 0.2) is 18.2 Å². The summed E-state index contributed by atoms with van der Waals surface area (Å²) < 4.78 is 16.4. The lowest BCUT2D eigenvalue weighted by Crippen LogP contribution is -2.39. The van der Waals surface area contributed by atoms with Gasteiger partial charge in [-0.15, -0.1) is 11.3 Å². The van der Waals surface area contributed by atoms with E-state index in [-0.39, 0.29) is 13.0 Å². The van der Waals surface area contributed by atoms with Crippen LogP contribution in [0.5, 0.6) is 11.5 Å². The minimum Gasteiger partial charge on any atom is -0.493 e. The lowest BCUT2D eigenvalue weighted by atomic mass is 9.86. The molecule has 0 radical (unpaired) electrons. The third-order valence-corrected chi connectivity index (χ3v) is 4.90. The van der Waals surface area contributed by atoms with E-state index in [9.17, 15) is 14.7 Å². The summed E-state index contributed by atoms with van der Waals surface area (Å²) in [5.74, 6) is -0.732. The molecule has 1 heterocycles. The molecule has 1 unspecified atom stereocenters. The molecule has 0 spiro atoms. The molecule has 2 aromatic rings. The highest BCUT2D eigenvalue weighted by atomic mass is 32.1. The van der Waals surface area contributed by atoms with Gasteiger partial charge >= 0.3 is 11.9 Å². The Balaban J connectivity index is 2.41. The first-order valence-electron chi connectivity index (χ1n) is 7.40. The average molecular weight is 352 g/mol. The molecule has 1 aromatic carbocycles. The number of hydrogen-bond donors (Lipinski definition) is 1. The fourth-order valence-electron chi connectivity index (χ4n) is 2.38. The molecular formula is C17H20O6S. The summed E-state index contributed by atoms with van der Waals surface area (Å²) in [5.41, 5.74) is -1.62. The standard InChI is InChI=1S/C17H20O6S/c1-5-23-16(20)17(2,15(18)19)9-11-6-10-7-12(21-3)13(22-4)8-14(10)24-11/h6-8H,5,9H2,1-4H3,(H,18,19). The number of carbonyl (C=O) groups excluding carboxylic acids is 1. The van der Waals surface area contributed by atoms with E-state index in [2.05, 4.69) is 0 Å². The van der Waals surface area contributed by atoms with E-state index in [4.69, 9.17) is 14.2 Å². The first-order valence-corrected chi connectivity index (χ1v) is 8.22. The number of esters is 1. The molecule has 0 saturated carbocycles. The number of hydrogen-bond acceptors (Lipinski definition) is 6. The predicted molar refractivity (Wildman–Crippen MR) is 91.0 cm³/mol. The lowest BCUT2D eigenvalue weighted by molar-refractivity contribution is -0.167. The summed E-state index contributed by atoms with van der Waals surface area (Å²) in [6.45, 7) is 3.18. The molecule has 24 heavy (non-hydrogen) atoms. The number of aliphatic carboxylic acids is 1. The first-order chi connectivity index (χ1) is 11.3. The number of carbonyl (C=O) groups is 2. The molecule has 0 aliphatic carbocycles. The number of carboxylic acid groups (broad SMARTS) is 1. The Morgan fingerprint density at radius 1 is 1.17 bits per heavy atom. The number of thiophene rings is 1. The molecule has 0 amide bonds. The number of carboxylic acids is 1. The number of fused-ring (bicyclic) bond motifs is 1. The van der Waals surface area contributed by atoms with Crippen molar-refractivity contribution in [3.8, 4) is 11.5 Å². The fourth-order valence-corrected chi connectivity index (χ4v) is 3.61. The van der Waals surface area contributed by atoms with Crippen molar-refractivity contribution in [2.24, 2.45) is 5.41 Å². The third-order valence-electron chi connectivity index (χ3n) is 3.80. The third kappa shape index (κ3) is 3.31. The maximum Gasteiger partial charge on any atom is 0.323 e. The van der Waals surface area contributed by atoms with Crippen LogP contribution < -0.4 is 9.47 Å². The second-order valence-corrected chi connectivity index (χ2v) is 6.66. The van der Waals surface area contributed by atoms with E-state index in [1.54, 1.807) is 21.1 Å². The monoisotopic (exact) mass is 352 g/mol. The SMILES string of the molecule is CCOC(=O)C(C)(Cc1cc2cc(OC)c(OC)cc2s1)C(=O)O. The van der Waals surface area contributed by atoms with Crippen LogP contribution >= 0.6 is 11.3 Å². The average Bonchev–Trinajstić information content (AvgIpc) is 2.93. The van der Waals surface area contributed by atoms with E-state index < -0.39 is 17.4 Å². The lowest BCUT2D eigenvalue weighted by Gasteiger charge is -2.21. The Morgan fingerprint density at radius 3 is 2.33 bits per heavy atom. The van der Waals surface area contributed by atoms with Crippen molar-refractivity contribution in [3.05, 3.63) is 23.1 Å². The predicted octanol–water partition coefficient (Wildman–Crippen LogP) is 3.12. The van der Waals surface area contributed by atoms with Crippen molar-refractivity contribution in [1.82, 2.24) is 0 Å². The van der Waals surface area contributed by atoms with Gasteiger partial charge in [-0.1, -0.05) is 0 Å². The maximum atomic E-state index is 12.1. The second kappa shape index (κ2) is 7.09. The van der Waals surface area contributed by atoms with Crippen molar-refractivity contribution in [3.63, 3.8) is 0 Å². The van der Waals surface area contributed by atoms with Crippen LogP contribution in [-0.2, 0) is 20.7 Å². The molecule has 2 rings (SSSR count). The van der Waals surface area contributed by atoms with Crippen LogP contribution in [0.1, 0.15) is 18.7 Å². The van der Waals surface area contributed by atoms with Gasteiger partial charge < -0.3 is 19.3 Å². The Kier molecular flexibility index (Phi) is 5.33. The molecule has 0 bridgehead atoms.